The molecule has 1 aromatic rings. The molecule has 16 heavy (non-hydrogen) atoms. The molecule has 1 aromatic heterocycles. The number of likely N-dealkylation sites (tertiary alicyclic amines) is 1. The van der Waals surface area contributed by atoms with Gasteiger partial charge in [0.1, 0.15) is 0 Å². The summed E-state index contributed by atoms with van der Waals surface area (Å²) in [6.07, 6.45) is 4.39. The zero-order valence-corrected chi connectivity index (χ0v) is 10.3. The van der Waals surface area contributed by atoms with E-state index >= 15 is 0 Å². The Morgan fingerprint density at radius 1 is 1.44 bits per heavy atom. The van der Waals surface area contributed by atoms with Crippen LogP contribution < -0.4 is 5.73 Å². The Labute approximate surface area is 97.4 Å². The molecule has 1 aliphatic heterocycles. The number of aromatic nitrogens is 2. The van der Waals surface area contributed by atoms with Crippen molar-refractivity contribution in [2.75, 3.05) is 13.1 Å². The van der Waals surface area contributed by atoms with Gasteiger partial charge >= 0.3 is 0 Å². The summed E-state index contributed by atoms with van der Waals surface area (Å²) in [6.45, 7) is 7.39. The first kappa shape index (κ1) is 11.6. The number of hydrogen-bond donors (Lipinski definition) is 1. The van der Waals surface area contributed by atoms with Crippen molar-refractivity contribution >= 4 is 0 Å². The lowest BCUT2D eigenvalue weighted by molar-refractivity contribution is 0.140. The molecule has 0 bridgehead atoms. The summed E-state index contributed by atoms with van der Waals surface area (Å²) < 4.78 is 2.11. The monoisotopic (exact) mass is 222 g/mol. The van der Waals surface area contributed by atoms with Crippen LogP contribution in [0.15, 0.2) is 12.3 Å². The van der Waals surface area contributed by atoms with Gasteiger partial charge in [-0.3, -0.25) is 9.58 Å². The molecule has 0 aliphatic carbocycles. The molecule has 0 atom stereocenters. The molecule has 1 fully saturated rings. The summed E-state index contributed by atoms with van der Waals surface area (Å²) >= 11 is 0. The molecular formula is C12H22N4. The Hall–Kier alpha value is -0.870. The number of nitrogens with zero attached hydrogens (tertiary/aromatic N) is 3. The van der Waals surface area contributed by atoms with Crippen molar-refractivity contribution in [3.63, 3.8) is 0 Å². The minimum Gasteiger partial charge on any atom is -0.325 e. The third kappa shape index (κ3) is 2.44. The molecule has 0 radical (unpaired) electrons. The number of hydrogen-bond acceptors (Lipinski definition) is 3. The van der Waals surface area contributed by atoms with Gasteiger partial charge in [-0.15, -0.1) is 0 Å². The van der Waals surface area contributed by atoms with Crippen LogP contribution in [-0.2, 0) is 6.54 Å². The van der Waals surface area contributed by atoms with E-state index in [1.807, 2.05) is 0 Å². The normalized spacial score (nSPS) is 18.0. The van der Waals surface area contributed by atoms with Gasteiger partial charge in [0, 0.05) is 31.9 Å². The second-order valence-corrected chi connectivity index (χ2v) is 4.71. The van der Waals surface area contributed by atoms with Gasteiger partial charge in [-0.25, -0.2) is 0 Å². The highest BCUT2D eigenvalue weighted by molar-refractivity contribution is 5.01. The van der Waals surface area contributed by atoms with Crippen LogP contribution >= 0.6 is 0 Å². The molecule has 0 unspecified atom stereocenters. The quantitative estimate of drug-likeness (QED) is 0.819. The topological polar surface area (TPSA) is 47.1 Å². The first-order chi connectivity index (χ1) is 7.72. The third-order valence-electron chi connectivity index (χ3n) is 3.35. The van der Waals surface area contributed by atoms with Crippen LogP contribution in [0.4, 0.5) is 0 Å². The first-order valence-electron chi connectivity index (χ1n) is 6.24. The fraction of sp³-hybridized carbons (Fsp3) is 0.750. The summed E-state index contributed by atoms with van der Waals surface area (Å²) in [4.78, 5) is 2.34. The van der Waals surface area contributed by atoms with Crippen LogP contribution in [-0.4, -0.2) is 33.8 Å². The Balaban J connectivity index is 1.91. The van der Waals surface area contributed by atoms with Gasteiger partial charge in [-0.2, -0.15) is 5.10 Å². The van der Waals surface area contributed by atoms with Crippen LogP contribution in [0.2, 0.25) is 0 Å². The van der Waals surface area contributed by atoms with E-state index in [-0.39, 0.29) is 0 Å². The van der Waals surface area contributed by atoms with E-state index < -0.39 is 0 Å². The summed E-state index contributed by atoms with van der Waals surface area (Å²) in [5.41, 5.74) is 6.92. The summed E-state index contributed by atoms with van der Waals surface area (Å²) in [7, 11) is 0. The lowest BCUT2D eigenvalue weighted by Gasteiger charge is -2.36. The van der Waals surface area contributed by atoms with Crippen molar-refractivity contribution in [1.82, 2.24) is 14.7 Å². The molecule has 4 nitrogen and oxygen atoms in total. The molecule has 2 rings (SSSR count). The fourth-order valence-electron chi connectivity index (χ4n) is 2.30. The highest BCUT2D eigenvalue weighted by Crippen LogP contribution is 2.16. The van der Waals surface area contributed by atoms with Crippen LogP contribution in [0, 0.1) is 0 Å². The van der Waals surface area contributed by atoms with E-state index in [4.69, 9.17) is 5.73 Å². The molecule has 2 N–H and O–H groups in total. The summed E-state index contributed by atoms with van der Waals surface area (Å²) in [5, 5.41) is 4.63. The minimum atomic E-state index is 0.376. The average molecular weight is 222 g/mol. The Kier molecular flexibility index (Phi) is 3.61. The number of nitrogens with two attached hydrogens (primary N) is 1. The van der Waals surface area contributed by atoms with Crippen LogP contribution in [0.1, 0.15) is 38.4 Å². The lowest BCUT2D eigenvalue weighted by Crippen LogP contribution is -2.54. The molecular weight excluding hydrogens is 200 g/mol. The maximum atomic E-state index is 5.75. The van der Waals surface area contributed by atoms with Crippen molar-refractivity contribution in [1.29, 1.82) is 0 Å². The molecule has 1 aliphatic rings. The lowest BCUT2D eigenvalue weighted by atomic mass is 10.1. The second-order valence-electron chi connectivity index (χ2n) is 4.71. The van der Waals surface area contributed by atoms with Crippen molar-refractivity contribution < 1.29 is 0 Å². The van der Waals surface area contributed by atoms with Crippen LogP contribution in [0.25, 0.3) is 0 Å². The van der Waals surface area contributed by atoms with Crippen molar-refractivity contribution in [3.8, 4) is 0 Å². The number of rotatable bonds is 5. The molecule has 2 heterocycles. The summed E-state index contributed by atoms with van der Waals surface area (Å²) in [5.74, 6) is 0. The van der Waals surface area contributed by atoms with Crippen LogP contribution in [0.5, 0.6) is 0 Å². The van der Waals surface area contributed by atoms with Crippen LogP contribution in [0.3, 0.4) is 0 Å². The van der Waals surface area contributed by atoms with E-state index in [1.165, 1.54) is 5.69 Å². The largest absolute Gasteiger partial charge is 0.325 e. The minimum absolute atomic E-state index is 0.376. The highest BCUT2D eigenvalue weighted by atomic mass is 15.3. The molecule has 90 valence electrons. The first-order valence-corrected chi connectivity index (χ1v) is 6.24. The molecule has 0 saturated carbocycles. The van der Waals surface area contributed by atoms with Gasteiger partial charge in [0.2, 0.25) is 0 Å². The Morgan fingerprint density at radius 3 is 2.69 bits per heavy atom. The van der Waals surface area contributed by atoms with Gasteiger partial charge in [-0.05, 0) is 18.9 Å². The average Bonchev–Trinajstić information content (AvgIpc) is 2.66. The predicted molar refractivity (Wildman–Crippen MR) is 65.1 cm³/mol. The van der Waals surface area contributed by atoms with Crippen molar-refractivity contribution in [2.24, 2.45) is 5.73 Å². The van der Waals surface area contributed by atoms with Gasteiger partial charge in [0.05, 0.1) is 11.7 Å². The molecule has 0 aromatic carbocycles. The molecule has 4 heteroatoms. The molecule has 0 spiro atoms. The third-order valence-corrected chi connectivity index (χ3v) is 3.35. The summed E-state index contributed by atoms with van der Waals surface area (Å²) in [6, 6.07) is 3.05. The highest BCUT2D eigenvalue weighted by Gasteiger charge is 2.23. The Bertz CT molecular complexity index is 324. The fourth-order valence-corrected chi connectivity index (χ4v) is 2.30. The van der Waals surface area contributed by atoms with E-state index in [1.54, 1.807) is 0 Å². The van der Waals surface area contributed by atoms with E-state index in [2.05, 4.69) is 40.8 Å². The smallest absolute Gasteiger partial charge is 0.0764 e. The van der Waals surface area contributed by atoms with Gasteiger partial charge < -0.3 is 5.73 Å². The van der Waals surface area contributed by atoms with Gasteiger partial charge in [0.15, 0.2) is 0 Å². The zero-order valence-electron chi connectivity index (χ0n) is 10.3. The van der Waals surface area contributed by atoms with Crippen molar-refractivity contribution in [2.45, 2.75) is 45.3 Å². The standard InChI is InChI=1S/C12H22N4/c1-3-12(4-2)16-6-5-11(14-16)9-15-7-10(13)8-15/h5-6,10,12H,3-4,7-9,13H2,1-2H3. The SMILES string of the molecule is CCC(CC)n1ccc(CN2CC(N)C2)n1. The Morgan fingerprint density at radius 2 is 2.12 bits per heavy atom. The van der Waals surface area contributed by atoms with E-state index in [0.29, 0.717) is 12.1 Å². The second kappa shape index (κ2) is 4.97. The van der Waals surface area contributed by atoms with E-state index in [9.17, 15) is 0 Å². The van der Waals surface area contributed by atoms with E-state index in [0.717, 1.165) is 32.5 Å². The molecule has 0 amide bonds. The predicted octanol–water partition coefficient (Wildman–Crippen LogP) is 1.39. The van der Waals surface area contributed by atoms with Gasteiger partial charge in [0.25, 0.3) is 0 Å². The maximum absolute atomic E-state index is 5.75. The van der Waals surface area contributed by atoms with Gasteiger partial charge in [-0.1, -0.05) is 13.8 Å². The zero-order chi connectivity index (χ0) is 11.5. The maximum Gasteiger partial charge on any atom is 0.0764 e. The molecule has 1 saturated heterocycles. The van der Waals surface area contributed by atoms with Crippen molar-refractivity contribution in [3.05, 3.63) is 18.0 Å².